The van der Waals surface area contributed by atoms with Crippen LogP contribution >= 0.6 is 0 Å². The van der Waals surface area contributed by atoms with Gasteiger partial charge in [0.1, 0.15) is 6.29 Å². The van der Waals surface area contributed by atoms with E-state index in [9.17, 15) is 4.79 Å². The Morgan fingerprint density at radius 1 is 0.871 bits per heavy atom. The lowest BCUT2D eigenvalue weighted by Gasteiger charge is -2.71. The van der Waals surface area contributed by atoms with Crippen molar-refractivity contribution in [3.05, 3.63) is 11.6 Å². The van der Waals surface area contributed by atoms with E-state index in [2.05, 4.69) is 54.5 Å². The van der Waals surface area contributed by atoms with E-state index in [4.69, 9.17) is 0 Å². The van der Waals surface area contributed by atoms with Crippen LogP contribution in [-0.2, 0) is 4.79 Å². The molecule has 5 rings (SSSR count). The molecule has 0 aliphatic heterocycles. The molecule has 0 saturated heterocycles. The van der Waals surface area contributed by atoms with E-state index in [1.165, 1.54) is 57.7 Å². The fraction of sp³-hybridized carbons (Fsp3) is 0.900. The Kier molecular flexibility index (Phi) is 4.82. The molecule has 4 fully saturated rings. The maximum atomic E-state index is 12.6. The molecule has 0 amide bonds. The SMILES string of the molecule is C[C@H]1[C@H](C)CC[C@]2(C=O)CC[C@]3(C)C(=CC[C@@H]4[C@@]5(C)CCCC(C)(C)[C@@H]5CC[C@]43C)[C@H]12. The largest absolute Gasteiger partial charge is 0.303 e. The number of aldehydes is 1. The van der Waals surface area contributed by atoms with E-state index in [0.29, 0.717) is 28.1 Å². The van der Waals surface area contributed by atoms with Crippen molar-refractivity contribution >= 4 is 6.29 Å². The summed E-state index contributed by atoms with van der Waals surface area (Å²) < 4.78 is 0. The second-order valence-corrected chi connectivity index (χ2v) is 14.3. The van der Waals surface area contributed by atoms with Crippen LogP contribution in [0.2, 0.25) is 0 Å². The van der Waals surface area contributed by atoms with Gasteiger partial charge in [0, 0.05) is 5.41 Å². The van der Waals surface area contributed by atoms with Gasteiger partial charge in [-0.25, -0.2) is 0 Å². The van der Waals surface area contributed by atoms with Gasteiger partial charge in [0.05, 0.1) is 0 Å². The molecule has 0 aromatic heterocycles. The van der Waals surface area contributed by atoms with Gasteiger partial charge in [0.15, 0.2) is 0 Å². The first kappa shape index (κ1) is 22.2. The maximum absolute atomic E-state index is 12.6. The van der Waals surface area contributed by atoms with Crippen molar-refractivity contribution in [2.24, 2.45) is 56.7 Å². The van der Waals surface area contributed by atoms with Crippen molar-refractivity contribution in [3.8, 4) is 0 Å². The third kappa shape index (κ3) is 2.64. The van der Waals surface area contributed by atoms with Gasteiger partial charge in [-0.1, -0.05) is 66.5 Å². The number of carbonyl (C=O) groups is 1. The van der Waals surface area contributed by atoms with Gasteiger partial charge in [-0.15, -0.1) is 0 Å². The highest BCUT2D eigenvalue weighted by atomic mass is 16.1. The Balaban J connectivity index is 1.61. The molecule has 5 aliphatic carbocycles. The molecule has 0 radical (unpaired) electrons. The second kappa shape index (κ2) is 6.73. The van der Waals surface area contributed by atoms with Crippen LogP contribution in [0.1, 0.15) is 113 Å². The Morgan fingerprint density at radius 3 is 2.32 bits per heavy atom. The summed E-state index contributed by atoms with van der Waals surface area (Å²) in [6, 6.07) is 0. The van der Waals surface area contributed by atoms with Gasteiger partial charge in [-0.3, -0.25) is 0 Å². The average molecular weight is 425 g/mol. The number of hydrogen-bond donors (Lipinski definition) is 0. The third-order valence-corrected chi connectivity index (χ3v) is 13.0. The molecule has 174 valence electrons. The number of carbonyl (C=O) groups excluding carboxylic acids is 1. The normalized spacial score (nSPS) is 55.7. The lowest BCUT2D eigenvalue weighted by Crippen LogP contribution is -2.63. The molecule has 0 heterocycles. The maximum Gasteiger partial charge on any atom is 0.126 e. The Labute approximate surface area is 192 Å². The van der Waals surface area contributed by atoms with Crippen molar-refractivity contribution in [2.45, 2.75) is 113 Å². The van der Waals surface area contributed by atoms with E-state index in [1.807, 2.05) is 0 Å². The predicted molar refractivity (Wildman–Crippen MR) is 130 cm³/mol. The molecule has 31 heavy (non-hydrogen) atoms. The molecule has 0 bridgehead atoms. The summed E-state index contributed by atoms with van der Waals surface area (Å²) in [4.78, 5) is 12.6. The minimum Gasteiger partial charge on any atom is -0.303 e. The first-order valence-corrected chi connectivity index (χ1v) is 13.6. The molecule has 0 unspecified atom stereocenters. The second-order valence-electron chi connectivity index (χ2n) is 14.3. The summed E-state index contributed by atoms with van der Waals surface area (Å²) in [5, 5.41) is 0. The van der Waals surface area contributed by atoms with Crippen molar-refractivity contribution in [1.29, 1.82) is 0 Å². The topological polar surface area (TPSA) is 17.1 Å². The van der Waals surface area contributed by atoms with Crippen LogP contribution in [0.15, 0.2) is 11.6 Å². The van der Waals surface area contributed by atoms with Gasteiger partial charge in [0.2, 0.25) is 0 Å². The highest BCUT2D eigenvalue weighted by molar-refractivity contribution is 5.63. The van der Waals surface area contributed by atoms with Crippen molar-refractivity contribution in [2.75, 3.05) is 0 Å². The van der Waals surface area contributed by atoms with Gasteiger partial charge < -0.3 is 4.79 Å². The van der Waals surface area contributed by atoms with E-state index in [1.54, 1.807) is 5.57 Å². The molecule has 0 aromatic rings. The Morgan fingerprint density at radius 2 is 1.61 bits per heavy atom. The summed E-state index contributed by atoms with van der Waals surface area (Å²) >= 11 is 0. The number of fused-ring (bicyclic) bond motifs is 7. The summed E-state index contributed by atoms with van der Waals surface area (Å²) in [6.45, 7) is 18.1. The first-order chi connectivity index (χ1) is 14.5. The van der Waals surface area contributed by atoms with Gasteiger partial charge in [0.25, 0.3) is 0 Å². The zero-order valence-electron chi connectivity index (χ0n) is 21.5. The summed E-state index contributed by atoms with van der Waals surface area (Å²) in [6.07, 6.45) is 17.1. The quantitative estimate of drug-likeness (QED) is 0.306. The third-order valence-electron chi connectivity index (χ3n) is 13.0. The molecule has 9 atom stereocenters. The van der Waals surface area contributed by atoms with Crippen LogP contribution in [0.5, 0.6) is 0 Å². The average Bonchev–Trinajstić information content (AvgIpc) is 2.70. The van der Waals surface area contributed by atoms with Crippen LogP contribution in [-0.4, -0.2) is 6.29 Å². The fourth-order valence-electron chi connectivity index (χ4n) is 10.9. The first-order valence-electron chi connectivity index (χ1n) is 13.6. The minimum atomic E-state index is -0.0750. The lowest BCUT2D eigenvalue weighted by molar-refractivity contribution is -0.181. The van der Waals surface area contributed by atoms with Gasteiger partial charge in [-0.05, 0) is 109 Å². The zero-order valence-corrected chi connectivity index (χ0v) is 21.5. The van der Waals surface area contributed by atoms with Crippen molar-refractivity contribution in [1.82, 2.24) is 0 Å². The summed E-state index contributed by atoms with van der Waals surface area (Å²) in [5.74, 6) is 3.52. The molecular formula is C30H48O. The highest BCUT2D eigenvalue weighted by Crippen LogP contribution is 2.75. The van der Waals surface area contributed by atoms with E-state index < -0.39 is 0 Å². The van der Waals surface area contributed by atoms with E-state index in [-0.39, 0.29) is 10.8 Å². The van der Waals surface area contributed by atoms with Gasteiger partial charge >= 0.3 is 0 Å². The minimum absolute atomic E-state index is 0.0750. The molecule has 1 nitrogen and oxygen atoms in total. The molecule has 1 heteroatoms. The lowest BCUT2D eigenvalue weighted by atomic mass is 9.33. The molecule has 0 spiro atoms. The summed E-state index contributed by atoms with van der Waals surface area (Å²) in [7, 11) is 0. The van der Waals surface area contributed by atoms with Crippen LogP contribution in [0.25, 0.3) is 0 Å². The molecule has 0 N–H and O–H groups in total. The highest BCUT2D eigenvalue weighted by Gasteiger charge is 2.67. The van der Waals surface area contributed by atoms with Crippen LogP contribution < -0.4 is 0 Å². The molecular weight excluding hydrogens is 376 g/mol. The number of hydrogen-bond acceptors (Lipinski definition) is 1. The van der Waals surface area contributed by atoms with Gasteiger partial charge in [-0.2, -0.15) is 0 Å². The Hall–Kier alpha value is -0.590. The molecule has 5 aliphatic rings. The molecule has 0 aromatic carbocycles. The fourth-order valence-corrected chi connectivity index (χ4v) is 10.9. The van der Waals surface area contributed by atoms with Crippen LogP contribution in [0.3, 0.4) is 0 Å². The zero-order chi connectivity index (χ0) is 22.4. The van der Waals surface area contributed by atoms with E-state index in [0.717, 1.165) is 30.6 Å². The predicted octanol–water partition coefficient (Wildman–Crippen LogP) is 8.23. The van der Waals surface area contributed by atoms with Crippen LogP contribution in [0.4, 0.5) is 0 Å². The smallest absolute Gasteiger partial charge is 0.126 e. The number of rotatable bonds is 1. The van der Waals surface area contributed by atoms with Crippen molar-refractivity contribution < 1.29 is 4.79 Å². The monoisotopic (exact) mass is 424 g/mol. The van der Waals surface area contributed by atoms with E-state index >= 15 is 0 Å². The molecule has 4 saturated carbocycles. The standard InChI is InChI=1S/C30H48O/c1-20-11-16-30(19-31)18-17-28(6)22(25(30)21(20)2)9-10-24-27(5)14-8-13-26(3,4)23(27)12-15-29(24,28)7/h9,19-21,23-25H,8,10-18H2,1-7H3/t20-,21+,23+,24-,25+,27+,28-,29-,30-/m1/s1. The Bertz CT molecular complexity index is 792. The van der Waals surface area contributed by atoms with Crippen molar-refractivity contribution in [3.63, 3.8) is 0 Å². The number of allylic oxidation sites excluding steroid dienone is 2. The van der Waals surface area contributed by atoms with Crippen LogP contribution in [0, 0.1) is 56.7 Å². The summed E-state index contributed by atoms with van der Waals surface area (Å²) in [5.41, 5.74) is 3.27.